The van der Waals surface area contributed by atoms with E-state index >= 15 is 0 Å². The quantitative estimate of drug-likeness (QED) is 0.545. The number of allylic oxidation sites excluding steroid dienone is 2. The molecule has 0 heterocycles. The van der Waals surface area contributed by atoms with Crippen LogP contribution in [0.4, 0.5) is 0 Å². The third-order valence-corrected chi connectivity index (χ3v) is 4.02. The average molecular weight is 272 g/mol. The summed E-state index contributed by atoms with van der Waals surface area (Å²) in [6, 6.07) is 6.56. The minimum Gasteiger partial charge on any atom is -0.303 e. The van der Waals surface area contributed by atoms with Crippen LogP contribution in [-0.4, -0.2) is 6.29 Å². The van der Waals surface area contributed by atoms with E-state index in [0.717, 1.165) is 6.29 Å². The number of benzene rings is 1. The van der Waals surface area contributed by atoms with E-state index in [-0.39, 0.29) is 11.3 Å². The molecule has 2 atom stereocenters. The summed E-state index contributed by atoms with van der Waals surface area (Å²) in [5.41, 5.74) is 5.60. The van der Waals surface area contributed by atoms with Crippen molar-refractivity contribution in [3.05, 3.63) is 46.5 Å². The van der Waals surface area contributed by atoms with E-state index < -0.39 is 0 Å². The summed E-state index contributed by atoms with van der Waals surface area (Å²) >= 11 is 0. The monoisotopic (exact) mass is 272 g/mol. The number of carbonyl (C=O) groups is 1. The maximum absolute atomic E-state index is 10.5. The van der Waals surface area contributed by atoms with Crippen LogP contribution in [0.25, 0.3) is 0 Å². The molecule has 0 saturated heterocycles. The van der Waals surface area contributed by atoms with Crippen molar-refractivity contribution in [3.63, 3.8) is 0 Å². The number of hydrogen-bond acceptors (Lipinski definition) is 1. The minimum atomic E-state index is 0.221. The lowest BCUT2D eigenvalue weighted by atomic mass is 10.1. The average Bonchev–Trinajstić information content (AvgIpc) is 2.77. The van der Waals surface area contributed by atoms with Crippen LogP contribution in [0.3, 0.4) is 0 Å². The molecule has 2 rings (SSSR count). The van der Waals surface area contributed by atoms with Gasteiger partial charge in [-0.25, -0.2) is 0 Å². The van der Waals surface area contributed by atoms with Gasteiger partial charge in [-0.3, -0.25) is 0 Å². The van der Waals surface area contributed by atoms with Gasteiger partial charge in [-0.1, -0.05) is 60.4 Å². The Morgan fingerprint density at radius 2 is 1.35 bits per heavy atom. The molecule has 0 aliphatic heterocycles. The SMILES string of the molecule is CC(C)=C[C@@H]1[C@@H](C=O)C1(C)C.Cc1cc(C)cc(C)c1. The first-order valence-corrected chi connectivity index (χ1v) is 7.33. The fourth-order valence-corrected chi connectivity index (χ4v) is 2.86. The first-order valence-electron chi connectivity index (χ1n) is 7.33. The van der Waals surface area contributed by atoms with E-state index in [1.807, 2.05) is 0 Å². The van der Waals surface area contributed by atoms with Gasteiger partial charge in [-0.15, -0.1) is 0 Å². The van der Waals surface area contributed by atoms with E-state index in [4.69, 9.17) is 0 Å². The summed E-state index contributed by atoms with van der Waals surface area (Å²) in [4.78, 5) is 10.5. The highest BCUT2D eigenvalue weighted by Gasteiger charge is 2.56. The number of aryl methyl sites for hydroxylation is 3. The van der Waals surface area contributed by atoms with Gasteiger partial charge in [0.1, 0.15) is 6.29 Å². The molecular formula is C19H28O. The second-order valence-electron chi connectivity index (χ2n) is 6.92. The van der Waals surface area contributed by atoms with Crippen LogP contribution in [0.1, 0.15) is 44.4 Å². The smallest absolute Gasteiger partial charge is 0.124 e. The van der Waals surface area contributed by atoms with Gasteiger partial charge >= 0.3 is 0 Å². The van der Waals surface area contributed by atoms with Crippen molar-refractivity contribution in [1.29, 1.82) is 0 Å². The van der Waals surface area contributed by atoms with Crippen molar-refractivity contribution in [3.8, 4) is 0 Å². The second-order valence-corrected chi connectivity index (χ2v) is 6.92. The Labute approximate surface area is 124 Å². The number of rotatable bonds is 2. The molecule has 0 spiro atoms. The maximum Gasteiger partial charge on any atom is 0.124 e. The van der Waals surface area contributed by atoms with Crippen molar-refractivity contribution in [2.24, 2.45) is 17.3 Å². The number of aldehydes is 1. The molecule has 1 fully saturated rings. The fraction of sp³-hybridized carbons (Fsp3) is 0.526. The molecule has 0 aromatic heterocycles. The van der Waals surface area contributed by atoms with Crippen LogP contribution in [-0.2, 0) is 4.79 Å². The molecule has 0 amide bonds. The van der Waals surface area contributed by atoms with Gasteiger partial charge in [0, 0.05) is 5.92 Å². The number of hydrogen-bond donors (Lipinski definition) is 0. The van der Waals surface area contributed by atoms with Gasteiger partial charge in [-0.2, -0.15) is 0 Å². The molecule has 1 nitrogen and oxygen atoms in total. The Morgan fingerprint density at radius 3 is 1.60 bits per heavy atom. The Balaban J connectivity index is 0.000000204. The van der Waals surface area contributed by atoms with Gasteiger partial charge < -0.3 is 4.79 Å². The molecule has 1 aromatic rings. The van der Waals surface area contributed by atoms with Crippen molar-refractivity contribution < 1.29 is 4.79 Å². The third kappa shape index (κ3) is 4.33. The van der Waals surface area contributed by atoms with Crippen LogP contribution < -0.4 is 0 Å². The molecule has 110 valence electrons. The molecule has 0 unspecified atom stereocenters. The lowest BCUT2D eigenvalue weighted by Crippen LogP contribution is -1.89. The summed E-state index contributed by atoms with van der Waals surface area (Å²) in [5.74, 6) is 0.752. The summed E-state index contributed by atoms with van der Waals surface area (Å²) < 4.78 is 0. The molecule has 1 aromatic carbocycles. The molecule has 0 bridgehead atoms. The zero-order valence-corrected chi connectivity index (χ0v) is 13.9. The molecular weight excluding hydrogens is 244 g/mol. The summed E-state index contributed by atoms with van der Waals surface area (Å²) in [5, 5.41) is 0. The molecule has 1 aliphatic rings. The highest BCUT2D eigenvalue weighted by atomic mass is 16.1. The normalized spacial score (nSPS) is 22.4. The highest BCUT2D eigenvalue weighted by Crippen LogP contribution is 2.57. The van der Waals surface area contributed by atoms with Crippen molar-refractivity contribution >= 4 is 6.29 Å². The van der Waals surface area contributed by atoms with Crippen molar-refractivity contribution in [1.82, 2.24) is 0 Å². The van der Waals surface area contributed by atoms with Crippen molar-refractivity contribution in [2.75, 3.05) is 0 Å². The Hall–Kier alpha value is -1.37. The summed E-state index contributed by atoms with van der Waals surface area (Å²) in [6.45, 7) is 14.8. The predicted molar refractivity (Wildman–Crippen MR) is 86.9 cm³/mol. The van der Waals surface area contributed by atoms with E-state index in [9.17, 15) is 4.79 Å². The predicted octanol–water partition coefficient (Wildman–Crippen LogP) is 5.04. The van der Waals surface area contributed by atoms with Crippen molar-refractivity contribution in [2.45, 2.75) is 48.5 Å². The Kier molecular flexibility index (Phi) is 5.33. The Morgan fingerprint density at radius 1 is 0.950 bits per heavy atom. The topological polar surface area (TPSA) is 17.1 Å². The second kappa shape index (κ2) is 6.39. The lowest BCUT2D eigenvalue weighted by Gasteiger charge is -1.96. The summed E-state index contributed by atoms with van der Waals surface area (Å²) in [7, 11) is 0. The zero-order valence-electron chi connectivity index (χ0n) is 13.9. The first kappa shape index (κ1) is 16.7. The number of carbonyl (C=O) groups excluding carboxylic acids is 1. The largest absolute Gasteiger partial charge is 0.303 e. The van der Waals surface area contributed by atoms with E-state index in [1.165, 1.54) is 22.3 Å². The van der Waals surface area contributed by atoms with Gasteiger partial charge in [0.15, 0.2) is 0 Å². The van der Waals surface area contributed by atoms with Crippen LogP contribution in [0.5, 0.6) is 0 Å². The Bertz CT molecular complexity index is 454. The minimum absolute atomic E-state index is 0.221. The standard InChI is InChI=1S/C10H16O.C9H12/c1-7(2)5-8-9(6-11)10(8,3)4;1-7-4-8(2)6-9(3)5-7/h5-6,8-9H,1-4H3;4-6H,1-3H3/t8-,9-;/m1./s1. The highest BCUT2D eigenvalue weighted by molar-refractivity contribution is 5.62. The fourth-order valence-electron chi connectivity index (χ4n) is 2.86. The zero-order chi connectivity index (χ0) is 15.5. The van der Waals surface area contributed by atoms with Crippen LogP contribution >= 0.6 is 0 Å². The molecule has 0 radical (unpaired) electrons. The first-order chi connectivity index (χ1) is 9.18. The van der Waals surface area contributed by atoms with Crippen LogP contribution in [0.15, 0.2) is 29.8 Å². The molecule has 1 heteroatoms. The summed E-state index contributed by atoms with van der Waals surface area (Å²) in [6.07, 6.45) is 3.29. The molecule has 0 N–H and O–H groups in total. The molecule has 20 heavy (non-hydrogen) atoms. The van der Waals surface area contributed by atoms with Gasteiger partial charge in [-0.05, 0) is 46.0 Å². The van der Waals surface area contributed by atoms with Crippen LogP contribution in [0.2, 0.25) is 0 Å². The maximum atomic E-state index is 10.5. The van der Waals surface area contributed by atoms with Gasteiger partial charge in [0.25, 0.3) is 0 Å². The molecule has 1 saturated carbocycles. The van der Waals surface area contributed by atoms with Gasteiger partial charge in [0.2, 0.25) is 0 Å². The lowest BCUT2D eigenvalue weighted by molar-refractivity contribution is -0.109. The van der Waals surface area contributed by atoms with E-state index in [1.54, 1.807) is 0 Å². The van der Waals surface area contributed by atoms with E-state index in [0.29, 0.717) is 5.92 Å². The van der Waals surface area contributed by atoms with Crippen LogP contribution in [0, 0.1) is 38.0 Å². The van der Waals surface area contributed by atoms with Gasteiger partial charge in [0.05, 0.1) is 0 Å². The van der Waals surface area contributed by atoms with E-state index in [2.05, 4.69) is 72.7 Å². The molecule has 1 aliphatic carbocycles. The third-order valence-electron chi connectivity index (χ3n) is 4.02.